The maximum Gasteiger partial charge on any atom is 0.157 e. The van der Waals surface area contributed by atoms with Crippen molar-refractivity contribution in [3.8, 4) is 92.0 Å². The lowest BCUT2D eigenvalue weighted by Crippen LogP contribution is -2.34. The van der Waals surface area contributed by atoms with Crippen LogP contribution in [0.1, 0.15) is 198 Å². The Labute approximate surface area is 536 Å². The second-order valence-electron chi connectivity index (χ2n) is 28.2. The van der Waals surface area contributed by atoms with E-state index < -0.39 is 94.1 Å². The first-order chi connectivity index (χ1) is 43.4. The molecule has 0 aliphatic heterocycles. The molecule has 16 heteroatoms. The van der Waals surface area contributed by atoms with Crippen LogP contribution >= 0.6 is 0 Å². The molecular weight excluding hydrogens is 1170 g/mol. The Hall–Kier alpha value is -9.44. The quantitative estimate of drug-likeness (QED) is 0.0507. The van der Waals surface area contributed by atoms with E-state index >= 15 is 0 Å². The first kappa shape index (κ1) is 64.1. The fourth-order valence-corrected chi connectivity index (χ4v) is 15.2. The van der Waals surface area contributed by atoms with Gasteiger partial charge in [-0.25, -0.2) is 0 Å². The molecule has 2 saturated carbocycles. The fraction of sp³-hybridized carbons (Fsp3) is 0.368. The Morgan fingerprint density at radius 2 is 0.554 bits per heavy atom. The van der Waals surface area contributed by atoms with Gasteiger partial charge in [0.25, 0.3) is 0 Å². The Morgan fingerprint density at radius 3 is 0.793 bits per heavy atom. The number of phenols is 12. The Kier molecular flexibility index (Phi) is 17.2. The van der Waals surface area contributed by atoms with E-state index in [1.54, 1.807) is 76.2 Å². The Morgan fingerprint density at radius 1 is 0.304 bits per heavy atom. The van der Waals surface area contributed by atoms with Gasteiger partial charge in [-0.3, -0.25) is 0 Å². The van der Waals surface area contributed by atoms with Gasteiger partial charge in [-0.2, -0.15) is 0 Å². The molecule has 8 aromatic carbocycles. The van der Waals surface area contributed by atoms with Gasteiger partial charge in [0.15, 0.2) is 46.0 Å². The molecule has 0 amide bonds. The molecule has 8 atom stereocenters. The summed E-state index contributed by atoms with van der Waals surface area (Å²) in [6.07, 6.45) is 2.48. The van der Waals surface area contributed by atoms with Crippen LogP contribution in [0.2, 0.25) is 0 Å². The van der Waals surface area contributed by atoms with Crippen molar-refractivity contribution in [1.29, 1.82) is 0 Å². The average molecular weight is 1250 g/mol. The Bertz CT molecular complexity index is 3850. The van der Waals surface area contributed by atoms with Gasteiger partial charge in [0.1, 0.15) is 46.0 Å². The summed E-state index contributed by atoms with van der Waals surface area (Å²) in [5, 5.41) is 143. The van der Waals surface area contributed by atoms with Crippen molar-refractivity contribution >= 4 is 0 Å². The highest BCUT2D eigenvalue weighted by Gasteiger charge is 2.41. The van der Waals surface area contributed by atoms with Gasteiger partial charge in [-0.05, 0) is 184 Å². The number of ether oxygens (including phenoxy) is 4. The summed E-state index contributed by atoms with van der Waals surface area (Å²) in [6, 6.07) is 29.9. The summed E-state index contributed by atoms with van der Waals surface area (Å²) in [4.78, 5) is 0. The first-order valence-electron chi connectivity index (χ1n) is 31.6. The molecule has 0 aromatic heterocycles. The third kappa shape index (κ3) is 12.9. The van der Waals surface area contributed by atoms with E-state index in [4.69, 9.17) is 18.9 Å². The number of hydrogen-bond acceptors (Lipinski definition) is 16. The molecule has 0 spiro atoms. The molecule has 12 N–H and O–H groups in total. The maximum atomic E-state index is 13.2. The summed E-state index contributed by atoms with van der Waals surface area (Å²) in [5.74, 6) is -8.72. The lowest BCUT2D eigenvalue weighted by atomic mass is 9.71. The van der Waals surface area contributed by atoms with E-state index in [-0.39, 0.29) is 90.9 Å². The molecular formula is C76H84O16. The topological polar surface area (TPSA) is 280 Å². The highest BCUT2D eigenvalue weighted by Crippen LogP contribution is 2.57. The van der Waals surface area contributed by atoms with Crippen LogP contribution in [0, 0.1) is 22.7 Å². The van der Waals surface area contributed by atoms with Crippen LogP contribution in [0.25, 0.3) is 0 Å². The van der Waals surface area contributed by atoms with Crippen LogP contribution in [-0.4, -0.2) is 85.7 Å². The minimum Gasteiger partial charge on any atom is -0.507 e. The minimum atomic E-state index is -1.21. The molecule has 11 rings (SSSR count). The van der Waals surface area contributed by atoms with Gasteiger partial charge in [-0.1, -0.05) is 65.8 Å². The van der Waals surface area contributed by atoms with Gasteiger partial charge >= 0.3 is 0 Å². The van der Waals surface area contributed by atoms with E-state index in [0.29, 0.717) is 70.2 Å². The monoisotopic (exact) mass is 1250 g/mol. The van der Waals surface area contributed by atoms with Crippen molar-refractivity contribution in [2.75, 3.05) is 0 Å². The molecule has 0 radical (unpaired) electrons. The van der Waals surface area contributed by atoms with E-state index in [1.165, 1.54) is 72.8 Å². The van der Waals surface area contributed by atoms with Crippen LogP contribution in [0.4, 0.5) is 0 Å². The van der Waals surface area contributed by atoms with E-state index in [9.17, 15) is 61.3 Å². The fourth-order valence-electron chi connectivity index (χ4n) is 15.2. The molecule has 0 saturated heterocycles. The second-order valence-corrected chi connectivity index (χ2v) is 28.2. The number of fused-ring (bicyclic) bond motifs is 8. The molecule has 8 aromatic rings. The zero-order valence-electron chi connectivity index (χ0n) is 53.6. The maximum absolute atomic E-state index is 13.2. The number of benzene rings is 8. The minimum absolute atomic E-state index is 0.128. The second kappa shape index (κ2) is 24.6. The van der Waals surface area contributed by atoms with Crippen LogP contribution in [0.15, 0.2) is 121 Å². The van der Waals surface area contributed by atoms with Gasteiger partial charge in [-0.15, -0.1) is 0 Å². The highest BCUT2D eigenvalue weighted by atomic mass is 16.5. The standard InChI is InChI=1S/C76H84O16/c1-37(2)89-67-29-59(81)47-25-51(67)71(41-11-15-55(77)63(85)21-41)49-27-53(69(31-61(49)83)91-45-19-39(5)33-75(7,8)35-45)74(44-14-18-58(80)66(88)24-44)48-26-52(68(30-60(48)82)90-38(3)4)72(42-12-16-56(78)64(86)22-42)50-28-54(73(47)43-13-17-57(79)65(87)23-43)70(32-62(50)84)92-46-20-40(6)34-76(9,10)36-46/h11-18,21-32,37-40,45-46,71-74,77-88H,19-20,33-36H2,1-10H3. The SMILES string of the molecule is CC1CC(Oc2cc(O)c3cc2C(c2ccc(O)c(O)c2)c2cc(c(OC(C)C)cc2O)C(c2ccc(O)c(O)c2)c2cc(c(OC4CC(C)CC(C)(C)C4)cc2O)C(c2ccc(O)c(O)c2)c2cc(c(OC(C)C)cc2O)C3c2ccc(O)c(O)c2)CC(C)(C)C1. The molecule has 484 valence electrons. The number of rotatable bonds is 12. The predicted octanol–water partition coefficient (Wildman–Crippen LogP) is 15.9. The highest BCUT2D eigenvalue weighted by molar-refractivity contribution is 5.69. The number of hydrogen-bond donors (Lipinski definition) is 12. The predicted molar refractivity (Wildman–Crippen MR) is 349 cm³/mol. The normalized spacial score (nSPS) is 21.8. The van der Waals surface area contributed by atoms with Crippen molar-refractivity contribution < 1.29 is 80.2 Å². The third-order valence-electron chi connectivity index (χ3n) is 18.5. The van der Waals surface area contributed by atoms with Crippen LogP contribution in [-0.2, 0) is 0 Å². The molecule has 8 bridgehead atoms. The zero-order valence-corrected chi connectivity index (χ0v) is 53.6. The molecule has 16 nitrogen and oxygen atoms in total. The zero-order chi connectivity index (χ0) is 66.2. The van der Waals surface area contributed by atoms with E-state index in [1.807, 2.05) is 0 Å². The van der Waals surface area contributed by atoms with Crippen LogP contribution in [0.3, 0.4) is 0 Å². The van der Waals surface area contributed by atoms with E-state index in [2.05, 4.69) is 41.5 Å². The first-order valence-corrected chi connectivity index (χ1v) is 31.6. The number of aromatic hydroxyl groups is 12. The van der Waals surface area contributed by atoms with Gasteiger partial charge in [0.05, 0.1) is 24.4 Å². The molecule has 8 unspecified atom stereocenters. The van der Waals surface area contributed by atoms with Crippen molar-refractivity contribution in [3.05, 3.63) is 188 Å². The summed E-state index contributed by atoms with van der Waals surface area (Å²) in [6.45, 7) is 20.3. The van der Waals surface area contributed by atoms with Gasteiger partial charge < -0.3 is 80.2 Å². The van der Waals surface area contributed by atoms with E-state index in [0.717, 1.165) is 12.8 Å². The van der Waals surface area contributed by atoms with Crippen molar-refractivity contribution in [3.63, 3.8) is 0 Å². The van der Waals surface area contributed by atoms with Crippen molar-refractivity contribution in [1.82, 2.24) is 0 Å². The molecule has 92 heavy (non-hydrogen) atoms. The largest absolute Gasteiger partial charge is 0.507 e. The summed E-state index contributed by atoms with van der Waals surface area (Å²) < 4.78 is 27.9. The van der Waals surface area contributed by atoms with Gasteiger partial charge in [0, 0.05) is 92.4 Å². The molecule has 3 aliphatic carbocycles. The van der Waals surface area contributed by atoms with Gasteiger partial charge in [0.2, 0.25) is 0 Å². The average Bonchev–Trinajstić information content (AvgIpc) is 0.744. The molecule has 3 aliphatic rings. The van der Waals surface area contributed by atoms with Crippen LogP contribution in [0.5, 0.6) is 92.0 Å². The summed E-state index contributed by atoms with van der Waals surface area (Å²) >= 11 is 0. The number of phenolic OH excluding ortho intramolecular Hbond substituents is 12. The lowest BCUT2D eigenvalue weighted by Gasteiger charge is -2.39. The smallest absolute Gasteiger partial charge is 0.157 e. The van der Waals surface area contributed by atoms with Crippen molar-refractivity contribution in [2.24, 2.45) is 22.7 Å². The molecule has 0 heterocycles. The molecule has 2 fully saturated rings. The summed E-state index contributed by atoms with van der Waals surface area (Å²) in [7, 11) is 0. The summed E-state index contributed by atoms with van der Waals surface area (Å²) in [5.41, 5.74) is 2.86. The third-order valence-corrected chi connectivity index (χ3v) is 18.5. The lowest BCUT2D eigenvalue weighted by molar-refractivity contribution is 0.0550. The van der Waals surface area contributed by atoms with Crippen LogP contribution < -0.4 is 18.9 Å². The van der Waals surface area contributed by atoms with Crippen molar-refractivity contribution in [2.45, 2.75) is 156 Å². The Balaban J connectivity index is 1.37.